The van der Waals surface area contributed by atoms with Crippen LogP contribution in [0.15, 0.2) is 36.5 Å². The molecule has 59 heavy (non-hydrogen) atoms. The van der Waals surface area contributed by atoms with Gasteiger partial charge in [0.25, 0.3) is 0 Å². The lowest BCUT2D eigenvalue weighted by molar-refractivity contribution is -0.305. The minimum absolute atomic E-state index is 0.117. The Hall–Kier alpha value is -1.59. The van der Waals surface area contributed by atoms with Gasteiger partial charge in [-0.25, -0.2) is 0 Å². The average Bonchev–Trinajstić information content (AvgIpc) is 3.24. The quantitative estimate of drug-likeness (QED) is 0.0269. The molecule has 1 saturated heterocycles. The number of hydrogen-bond donors (Lipinski definition) is 4. The van der Waals surface area contributed by atoms with Gasteiger partial charge in [0.05, 0.1) is 19.8 Å². The first kappa shape index (κ1) is 55.4. The molecule has 9 nitrogen and oxygen atoms in total. The summed E-state index contributed by atoms with van der Waals surface area (Å²) in [5.41, 5.74) is 0. The summed E-state index contributed by atoms with van der Waals surface area (Å²) in [6, 6.07) is 0. The van der Waals surface area contributed by atoms with Crippen LogP contribution < -0.4 is 0 Å². The summed E-state index contributed by atoms with van der Waals surface area (Å²) in [6.07, 6.45) is 43.2. The Morgan fingerprint density at radius 2 is 0.983 bits per heavy atom. The third kappa shape index (κ3) is 32.7. The van der Waals surface area contributed by atoms with Crippen molar-refractivity contribution < 1.29 is 44.2 Å². The number of rotatable bonds is 42. The van der Waals surface area contributed by atoms with Gasteiger partial charge in [0, 0.05) is 13.0 Å². The van der Waals surface area contributed by atoms with E-state index in [0.29, 0.717) is 13.0 Å². The molecule has 6 atom stereocenters. The van der Waals surface area contributed by atoms with Gasteiger partial charge in [-0.3, -0.25) is 4.79 Å². The van der Waals surface area contributed by atoms with E-state index in [2.05, 4.69) is 50.3 Å². The fourth-order valence-corrected chi connectivity index (χ4v) is 7.40. The minimum atomic E-state index is -1.54. The Morgan fingerprint density at radius 1 is 0.542 bits per heavy atom. The summed E-state index contributed by atoms with van der Waals surface area (Å²) in [7, 11) is 0. The predicted molar refractivity (Wildman–Crippen MR) is 242 cm³/mol. The summed E-state index contributed by atoms with van der Waals surface area (Å²) in [6.45, 7) is 4.54. The molecule has 0 amide bonds. The van der Waals surface area contributed by atoms with Gasteiger partial charge in [-0.2, -0.15) is 0 Å². The monoisotopic (exact) mass is 837 g/mol. The average molecular weight is 837 g/mol. The zero-order valence-electron chi connectivity index (χ0n) is 38.0. The van der Waals surface area contributed by atoms with Crippen molar-refractivity contribution in [1.29, 1.82) is 0 Å². The summed E-state index contributed by atoms with van der Waals surface area (Å²) in [4.78, 5) is 12.8. The van der Waals surface area contributed by atoms with E-state index in [9.17, 15) is 25.2 Å². The van der Waals surface area contributed by atoms with Crippen molar-refractivity contribution in [2.45, 2.75) is 250 Å². The Kier molecular flexibility index (Phi) is 39.2. The third-order valence-corrected chi connectivity index (χ3v) is 11.3. The first-order valence-electron chi connectivity index (χ1n) is 24.6. The van der Waals surface area contributed by atoms with E-state index in [1.54, 1.807) is 0 Å². The maximum atomic E-state index is 12.8. The molecule has 1 rings (SSSR count). The fourth-order valence-electron chi connectivity index (χ4n) is 7.40. The minimum Gasteiger partial charge on any atom is -0.457 e. The second-order valence-electron chi connectivity index (χ2n) is 16.9. The van der Waals surface area contributed by atoms with Gasteiger partial charge < -0.3 is 39.4 Å². The van der Waals surface area contributed by atoms with E-state index in [-0.39, 0.29) is 19.2 Å². The van der Waals surface area contributed by atoms with Crippen LogP contribution in [0.2, 0.25) is 0 Å². The van der Waals surface area contributed by atoms with Crippen molar-refractivity contribution in [1.82, 2.24) is 0 Å². The van der Waals surface area contributed by atoms with Crippen LogP contribution in [0.25, 0.3) is 0 Å². The molecule has 346 valence electrons. The molecule has 1 aliphatic rings. The van der Waals surface area contributed by atoms with Gasteiger partial charge in [-0.15, -0.1) is 0 Å². The molecule has 0 aliphatic carbocycles. The van der Waals surface area contributed by atoms with E-state index in [1.807, 2.05) is 0 Å². The summed E-state index contributed by atoms with van der Waals surface area (Å²) < 4.78 is 22.8. The van der Waals surface area contributed by atoms with E-state index in [1.165, 1.54) is 141 Å². The highest BCUT2D eigenvalue weighted by molar-refractivity contribution is 5.69. The smallest absolute Gasteiger partial charge is 0.306 e. The second-order valence-corrected chi connectivity index (χ2v) is 16.9. The Bertz CT molecular complexity index is 999. The molecule has 1 aliphatic heterocycles. The molecular weight excluding hydrogens is 745 g/mol. The van der Waals surface area contributed by atoms with Crippen molar-refractivity contribution in [3.63, 3.8) is 0 Å². The highest BCUT2D eigenvalue weighted by atomic mass is 16.7. The molecule has 0 aromatic rings. The number of aliphatic hydroxyl groups is 4. The van der Waals surface area contributed by atoms with Crippen molar-refractivity contribution in [2.75, 3.05) is 26.4 Å². The van der Waals surface area contributed by atoms with Crippen LogP contribution in [-0.4, -0.2) is 89.6 Å². The number of aliphatic hydroxyl groups excluding tert-OH is 4. The van der Waals surface area contributed by atoms with E-state index in [4.69, 9.17) is 18.9 Å². The van der Waals surface area contributed by atoms with Gasteiger partial charge in [0.1, 0.15) is 30.5 Å². The molecule has 1 fully saturated rings. The van der Waals surface area contributed by atoms with Crippen molar-refractivity contribution in [3.05, 3.63) is 36.5 Å². The largest absolute Gasteiger partial charge is 0.457 e. The molecule has 0 radical (unpaired) electrons. The van der Waals surface area contributed by atoms with Gasteiger partial charge in [-0.05, 0) is 70.6 Å². The number of unbranched alkanes of at least 4 members (excludes halogenated alkanes) is 25. The fraction of sp³-hybridized carbons (Fsp3) is 0.860. The van der Waals surface area contributed by atoms with Gasteiger partial charge in [0.15, 0.2) is 6.29 Å². The van der Waals surface area contributed by atoms with Crippen LogP contribution in [-0.2, 0) is 23.7 Å². The first-order valence-corrected chi connectivity index (χ1v) is 24.6. The molecule has 9 heteroatoms. The second kappa shape index (κ2) is 41.7. The number of ether oxygens (including phenoxy) is 4. The van der Waals surface area contributed by atoms with Crippen LogP contribution in [0.3, 0.4) is 0 Å². The van der Waals surface area contributed by atoms with E-state index >= 15 is 0 Å². The molecule has 6 unspecified atom stereocenters. The van der Waals surface area contributed by atoms with E-state index in [0.717, 1.165) is 51.4 Å². The number of allylic oxidation sites excluding steroid dienone is 6. The molecule has 4 N–H and O–H groups in total. The zero-order valence-corrected chi connectivity index (χ0v) is 38.0. The summed E-state index contributed by atoms with van der Waals surface area (Å²) >= 11 is 0. The Labute approximate surface area is 361 Å². The van der Waals surface area contributed by atoms with Gasteiger partial charge in [-0.1, -0.05) is 172 Å². The lowest BCUT2D eigenvalue weighted by atomic mass is 9.99. The molecule has 0 aromatic heterocycles. The van der Waals surface area contributed by atoms with Crippen molar-refractivity contribution in [3.8, 4) is 0 Å². The number of carbonyl (C=O) groups excluding carboxylic acids is 1. The SMILES string of the molecule is CCCCCCC/C=C\C/C=C\CCCCCCCCCCCCOCC(COC1OC(CO)C(O)C(O)C1O)OC(=O)CCCCCCC/C=C\CCCCCCC. The molecule has 0 bridgehead atoms. The van der Waals surface area contributed by atoms with Crippen LogP contribution in [0.4, 0.5) is 0 Å². The van der Waals surface area contributed by atoms with Crippen molar-refractivity contribution >= 4 is 5.97 Å². The van der Waals surface area contributed by atoms with Crippen molar-refractivity contribution in [2.24, 2.45) is 0 Å². The number of hydrogen-bond acceptors (Lipinski definition) is 9. The third-order valence-electron chi connectivity index (χ3n) is 11.3. The van der Waals surface area contributed by atoms with E-state index < -0.39 is 43.4 Å². The summed E-state index contributed by atoms with van der Waals surface area (Å²) in [5, 5.41) is 40.2. The molecule has 0 spiro atoms. The van der Waals surface area contributed by atoms with Gasteiger partial charge >= 0.3 is 5.97 Å². The molecule has 0 saturated carbocycles. The highest BCUT2D eigenvalue weighted by Gasteiger charge is 2.44. The van der Waals surface area contributed by atoms with Gasteiger partial charge in [0.2, 0.25) is 0 Å². The van der Waals surface area contributed by atoms with Crippen LogP contribution >= 0.6 is 0 Å². The Morgan fingerprint density at radius 3 is 1.47 bits per heavy atom. The maximum absolute atomic E-state index is 12.8. The lowest BCUT2D eigenvalue weighted by Gasteiger charge is -2.39. The topological polar surface area (TPSA) is 135 Å². The number of carbonyl (C=O) groups is 1. The van der Waals surface area contributed by atoms with Crippen LogP contribution in [0.1, 0.15) is 213 Å². The standard InChI is InChI=1S/C50H92O9/c1-3-5-7-9-11-13-15-17-19-20-21-22-23-24-25-26-28-30-32-34-36-38-40-56-42-44(43-57-50-49(55)48(54)47(53)45(41-51)59-50)58-46(52)39-37-35-33-31-29-27-18-16-14-12-10-8-6-4-2/h15-18,20-21,44-45,47-51,53-55H,3-14,19,22-43H2,1-2H3/b17-15-,18-16-,21-20-. The zero-order chi connectivity index (χ0) is 42.9. The summed E-state index contributed by atoms with van der Waals surface area (Å²) in [5.74, 6) is -0.322. The highest BCUT2D eigenvalue weighted by Crippen LogP contribution is 2.23. The molecule has 1 heterocycles. The molecule has 0 aromatic carbocycles. The first-order chi connectivity index (χ1) is 28.9. The maximum Gasteiger partial charge on any atom is 0.306 e. The number of esters is 1. The lowest BCUT2D eigenvalue weighted by Crippen LogP contribution is -2.59. The normalized spacial score (nSPS) is 20.4. The van der Waals surface area contributed by atoms with Crippen LogP contribution in [0, 0.1) is 0 Å². The Balaban J connectivity index is 2.21. The predicted octanol–water partition coefficient (Wildman–Crippen LogP) is 11.5. The van der Waals surface area contributed by atoms with Crippen LogP contribution in [0.5, 0.6) is 0 Å². The molecular formula is C50H92O9.